The zero-order valence-electron chi connectivity index (χ0n) is 15.5. The average molecular weight is 411 g/mol. The smallest absolute Gasteiger partial charge is 0.416 e. The maximum absolute atomic E-state index is 13.8. The highest BCUT2D eigenvalue weighted by molar-refractivity contribution is 5.68. The first-order valence-electron chi connectivity index (χ1n) is 9.02. The molecule has 0 saturated heterocycles. The third kappa shape index (κ3) is 4.93. The Morgan fingerprint density at radius 3 is 2.55 bits per heavy atom. The van der Waals surface area contributed by atoms with Crippen LogP contribution in [-0.4, -0.2) is 11.8 Å². The van der Waals surface area contributed by atoms with Gasteiger partial charge in [0, 0.05) is 18.1 Å². The fourth-order valence-electron chi connectivity index (χ4n) is 2.80. The first-order chi connectivity index (χ1) is 13.8. The van der Waals surface area contributed by atoms with Gasteiger partial charge in [0.05, 0.1) is 12.2 Å². The highest BCUT2D eigenvalue weighted by Crippen LogP contribution is 2.37. The lowest BCUT2D eigenvalue weighted by atomic mass is 10.0. The van der Waals surface area contributed by atoms with Crippen molar-refractivity contribution in [3.8, 4) is 17.0 Å². The Morgan fingerprint density at radius 1 is 1.03 bits per heavy atom. The summed E-state index contributed by atoms with van der Waals surface area (Å²) in [4.78, 5) is 0. The monoisotopic (exact) mass is 411 g/mol. The number of benzene rings is 2. The molecule has 0 N–H and O–H groups in total. The zero-order chi connectivity index (χ0) is 21.0. The van der Waals surface area contributed by atoms with Crippen LogP contribution in [0.25, 0.3) is 11.3 Å². The Balaban J connectivity index is 1.82. The topological polar surface area (TPSA) is 35.3 Å². The highest BCUT2D eigenvalue weighted by Gasteiger charge is 2.31. The summed E-state index contributed by atoms with van der Waals surface area (Å²) in [6, 6.07) is 8.64. The third-order valence-corrected chi connectivity index (χ3v) is 4.28. The van der Waals surface area contributed by atoms with Gasteiger partial charge in [-0.25, -0.2) is 8.78 Å². The number of nitrogens with zero attached hydrogens (tertiary/aromatic N) is 1. The van der Waals surface area contributed by atoms with Crippen LogP contribution in [0.3, 0.4) is 0 Å². The fraction of sp³-hybridized carbons (Fsp3) is 0.286. The molecular weight excluding hydrogens is 393 g/mol. The molecule has 3 aromatic rings. The van der Waals surface area contributed by atoms with Crippen LogP contribution >= 0.6 is 0 Å². The van der Waals surface area contributed by atoms with Crippen molar-refractivity contribution in [2.45, 2.75) is 32.4 Å². The number of halogens is 5. The lowest BCUT2D eigenvalue weighted by Crippen LogP contribution is -2.06. The van der Waals surface area contributed by atoms with Gasteiger partial charge in [-0.05, 0) is 42.7 Å². The maximum atomic E-state index is 13.8. The molecule has 154 valence electrons. The maximum Gasteiger partial charge on any atom is 0.416 e. The van der Waals surface area contributed by atoms with Crippen molar-refractivity contribution < 1.29 is 31.2 Å². The van der Waals surface area contributed by atoms with Crippen molar-refractivity contribution in [1.82, 2.24) is 5.16 Å². The predicted molar refractivity (Wildman–Crippen MR) is 96.5 cm³/mol. The molecule has 0 amide bonds. The summed E-state index contributed by atoms with van der Waals surface area (Å²) in [7, 11) is 0. The van der Waals surface area contributed by atoms with Crippen molar-refractivity contribution in [1.29, 1.82) is 0 Å². The van der Waals surface area contributed by atoms with Crippen LogP contribution in [-0.2, 0) is 19.0 Å². The van der Waals surface area contributed by atoms with Gasteiger partial charge in [0.15, 0.2) is 11.6 Å². The number of hydrogen-bond acceptors (Lipinski definition) is 3. The van der Waals surface area contributed by atoms with Gasteiger partial charge in [0.25, 0.3) is 0 Å². The summed E-state index contributed by atoms with van der Waals surface area (Å²) in [6.45, 7) is 2.09. The van der Waals surface area contributed by atoms with Gasteiger partial charge in [-0.1, -0.05) is 24.2 Å². The van der Waals surface area contributed by atoms with Crippen molar-refractivity contribution in [2.75, 3.05) is 6.61 Å². The Kier molecular flexibility index (Phi) is 6.20. The summed E-state index contributed by atoms with van der Waals surface area (Å²) < 4.78 is 76.7. The molecule has 0 spiro atoms. The Labute approximate surface area is 164 Å². The van der Waals surface area contributed by atoms with Crippen molar-refractivity contribution in [3.63, 3.8) is 0 Å². The standard InChI is InChI=1S/C21H18F5NO2/c1-2-10-28-19-11-14(21(24,25)26)7-9-16(19)18-12-15(29-27-18)8-6-13-4-3-5-17(22)20(13)23/h3-5,7,9,11-12H,2,6,8,10H2,1H3. The quantitative estimate of drug-likeness (QED) is 0.434. The highest BCUT2D eigenvalue weighted by atomic mass is 19.4. The van der Waals surface area contributed by atoms with Crippen LogP contribution < -0.4 is 4.74 Å². The lowest BCUT2D eigenvalue weighted by molar-refractivity contribution is -0.137. The second-order valence-electron chi connectivity index (χ2n) is 6.45. The number of alkyl halides is 3. The van der Waals surface area contributed by atoms with Crippen LogP contribution in [0.1, 0.15) is 30.2 Å². The van der Waals surface area contributed by atoms with Crippen LogP contribution in [0.15, 0.2) is 47.0 Å². The van der Waals surface area contributed by atoms with E-state index in [1.807, 2.05) is 6.92 Å². The van der Waals surface area contributed by atoms with E-state index in [0.29, 0.717) is 23.4 Å². The summed E-state index contributed by atoms with van der Waals surface area (Å²) in [5.74, 6) is -1.39. The molecule has 3 nitrogen and oxygen atoms in total. The summed E-state index contributed by atoms with van der Waals surface area (Å²) in [5, 5.41) is 3.90. The SMILES string of the molecule is CCCOc1cc(C(F)(F)F)ccc1-c1cc(CCc2cccc(F)c2F)on1. The predicted octanol–water partition coefficient (Wildman–Crippen LogP) is 6.21. The van der Waals surface area contributed by atoms with Crippen molar-refractivity contribution in [2.24, 2.45) is 0 Å². The van der Waals surface area contributed by atoms with Crippen LogP contribution in [0.2, 0.25) is 0 Å². The van der Waals surface area contributed by atoms with E-state index in [0.717, 1.165) is 18.2 Å². The van der Waals surface area contributed by atoms with Gasteiger partial charge in [-0.15, -0.1) is 0 Å². The van der Waals surface area contributed by atoms with Crippen LogP contribution in [0.5, 0.6) is 5.75 Å². The first-order valence-corrected chi connectivity index (χ1v) is 9.02. The molecule has 1 heterocycles. The van der Waals surface area contributed by atoms with E-state index in [1.54, 1.807) is 6.07 Å². The number of aromatic nitrogens is 1. The molecule has 29 heavy (non-hydrogen) atoms. The number of rotatable bonds is 7. The zero-order valence-corrected chi connectivity index (χ0v) is 15.5. The second-order valence-corrected chi connectivity index (χ2v) is 6.45. The molecule has 0 aliphatic rings. The molecule has 1 aromatic heterocycles. The fourth-order valence-corrected chi connectivity index (χ4v) is 2.80. The molecule has 8 heteroatoms. The number of ether oxygens (including phenoxy) is 1. The normalized spacial score (nSPS) is 11.7. The van der Waals surface area contributed by atoms with E-state index in [4.69, 9.17) is 9.26 Å². The molecule has 0 aliphatic carbocycles. The van der Waals surface area contributed by atoms with E-state index in [9.17, 15) is 22.0 Å². The van der Waals surface area contributed by atoms with E-state index < -0.39 is 23.4 Å². The van der Waals surface area contributed by atoms with Gasteiger partial charge in [0.2, 0.25) is 0 Å². The molecule has 0 radical (unpaired) electrons. The minimum atomic E-state index is -4.49. The Morgan fingerprint density at radius 2 is 1.83 bits per heavy atom. The molecule has 0 atom stereocenters. The van der Waals surface area contributed by atoms with E-state index in [2.05, 4.69) is 5.16 Å². The van der Waals surface area contributed by atoms with Crippen molar-refractivity contribution in [3.05, 3.63) is 71.0 Å². The van der Waals surface area contributed by atoms with E-state index in [-0.39, 0.29) is 30.8 Å². The molecule has 0 fully saturated rings. The van der Waals surface area contributed by atoms with Gasteiger partial charge >= 0.3 is 6.18 Å². The van der Waals surface area contributed by atoms with Crippen molar-refractivity contribution >= 4 is 0 Å². The molecule has 0 saturated carbocycles. The first kappa shape index (κ1) is 20.8. The molecule has 0 unspecified atom stereocenters. The number of aryl methyl sites for hydroxylation is 2. The molecule has 0 aliphatic heterocycles. The second kappa shape index (κ2) is 8.63. The van der Waals surface area contributed by atoms with Gasteiger partial charge in [-0.2, -0.15) is 13.2 Å². The molecule has 3 rings (SSSR count). The number of hydrogen-bond donors (Lipinski definition) is 0. The van der Waals surface area contributed by atoms with Crippen LogP contribution in [0, 0.1) is 11.6 Å². The molecule has 2 aromatic carbocycles. The lowest BCUT2D eigenvalue weighted by Gasteiger charge is -2.13. The average Bonchev–Trinajstić information content (AvgIpc) is 3.15. The van der Waals surface area contributed by atoms with Gasteiger partial charge < -0.3 is 9.26 Å². The van der Waals surface area contributed by atoms with Gasteiger partial charge in [-0.3, -0.25) is 0 Å². The Hall–Kier alpha value is -2.90. The summed E-state index contributed by atoms with van der Waals surface area (Å²) in [5.41, 5.74) is 0.0417. The Bertz CT molecular complexity index is 981. The largest absolute Gasteiger partial charge is 0.493 e. The van der Waals surface area contributed by atoms with E-state index >= 15 is 0 Å². The van der Waals surface area contributed by atoms with Crippen LogP contribution in [0.4, 0.5) is 22.0 Å². The summed E-state index contributed by atoms with van der Waals surface area (Å²) >= 11 is 0. The molecule has 0 bridgehead atoms. The molecular formula is C21H18F5NO2. The third-order valence-electron chi connectivity index (χ3n) is 4.28. The van der Waals surface area contributed by atoms with E-state index in [1.165, 1.54) is 18.2 Å². The van der Waals surface area contributed by atoms with Gasteiger partial charge in [0.1, 0.15) is 17.2 Å². The minimum Gasteiger partial charge on any atom is -0.493 e. The minimum absolute atomic E-state index is 0.0534. The summed E-state index contributed by atoms with van der Waals surface area (Å²) in [6.07, 6.45) is -3.44.